The lowest BCUT2D eigenvalue weighted by Crippen LogP contribution is -2.13. The van der Waals surface area contributed by atoms with Gasteiger partial charge in [-0.2, -0.15) is 0 Å². The van der Waals surface area contributed by atoms with Gasteiger partial charge >= 0.3 is 0 Å². The Balaban J connectivity index is 2.45. The Hall–Kier alpha value is -0.870. The van der Waals surface area contributed by atoms with Crippen LogP contribution in [-0.4, -0.2) is 11.7 Å². The summed E-state index contributed by atoms with van der Waals surface area (Å²) in [7, 11) is 0. The molecule has 1 aromatic carbocycles. The Bertz CT molecular complexity index is 439. The van der Waals surface area contributed by atoms with Crippen LogP contribution in [0.5, 0.6) is 5.75 Å². The molecule has 0 aromatic heterocycles. The predicted octanol–water partition coefficient (Wildman–Crippen LogP) is 2.76. The molecule has 1 saturated heterocycles. The largest absolute Gasteiger partial charge is 0.504 e. The van der Waals surface area contributed by atoms with E-state index in [1.54, 1.807) is 18.2 Å². The topological polar surface area (TPSA) is 46.5 Å². The summed E-state index contributed by atoms with van der Waals surface area (Å²) in [5.74, 6) is -0.205. The van der Waals surface area contributed by atoms with Crippen LogP contribution in [0.25, 0.3) is 0 Å². The minimum atomic E-state index is -0.380. The Morgan fingerprint density at radius 1 is 1.38 bits per heavy atom. The summed E-state index contributed by atoms with van der Waals surface area (Å²) >= 11 is 3.12. The van der Waals surface area contributed by atoms with Gasteiger partial charge in [-0.15, -0.1) is 0 Å². The van der Waals surface area contributed by atoms with Crippen molar-refractivity contribution in [2.24, 2.45) is 0 Å². The zero-order valence-corrected chi connectivity index (χ0v) is 10.4. The number of aromatic hydroxyl groups is 1. The minimum Gasteiger partial charge on any atom is -0.504 e. The molecule has 0 aliphatic carbocycles. The van der Waals surface area contributed by atoms with E-state index < -0.39 is 0 Å². The highest BCUT2D eigenvalue weighted by molar-refractivity contribution is 9.10. The van der Waals surface area contributed by atoms with Gasteiger partial charge < -0.3 is 9.84 Å². The van der Waals surface area contributed by atoms with E-state index in [1.165, 1.54) is 0 Å². The van der Waals surface area contributed by atoms with Crippen molar-refractivity contribution in [3.8, 4) is 5.75 Å². The third kappa shape index (κ3) is 2.28. The number of rotatable bonds is 1. The Kier molecular flexibility index (Phi) is 3.61. The molecular formula is C12H13BrO3. The lowest BCUT2D eigenvalue weighted by molar-refractivity contribution is 0.0136. The summed E-state index contributed by atoms with van der Waals surface area (Å²) in [5, 5.41) is 9.87. The minimum absolute atomic E-state index is 0.152. The highest BCUT2D eigenvalue weighted by Gasteiger charge is 2.20. The first-order chi connectivity index (χ1) is 7.70. The molecule has 86 valence electrons. The fraction of sp³-hybridized carbons (Fsp3) is 0.417. The monoisotopic (exact) mass is 284 g/mol. The summed E-state index contributed by atoms with van der Waals surface area (Å²) in [5.41, 5.74) is 0.213. The number of hydrogen-bond acceptors (Lipinski definition) is 3. The van der Waals surface area contributed by atoms with Crippen molar-refractivity contribution in [1.82, 2.24) is 0 Å². The zero-order chi connectivity index (χ0) is 11.5. The van der Waals surface area contributed by atoms with Crippen molar-refractivity contribution in [1.29, 1.82) is 0 Å². The normalized spacial score (nSPS) is 20.7. The van der Waals surface area contributed by atoms with E-state index in [0.29, 0.717) is 16.6 Å². The first-order valence-corrected chi connectivity index (χ1v) is 6.13. The zero-order valence-electron chi connectivity index (χ0n) is 8.78. The molecule has 1 aliphatic heterocycles. The van der Waals surface area contributed by atoms with E-state index in [2.05, 4.69) is 15.9 Å². The molecule has 0 bridgehead atoms. The molecule has 1 aromatic rings. The van der Waals surface area contributed by atoms with Gasteiger partial charge in [0.15, 0.2) is 5.75 Å². The predicted molar refractivity (Wildman–Crippen MR) is 64.6 cm³/mol. The summed E-state index contributed by atoms with van der Waals surface area (Å²) in [6.07, 6.45) is 2.82. The highest BCUT2D eigenvalue weighted by Crippen LogP contribution is 2.31. The number of hydrogen-bond donors (Lipinski definition) is 1. The Labute approximate surface area is 102 Å². The molecule has 0 amide bonds. The molecule has 2 rings (SSSR count). The van der Waals surface area contributed by atoms with E-state index in [9.17, 15) is 9.90 Å². The van der Waals surface area contributed by atoms with Crippen LogP contribution in [0.1, 0.15) is 30.9 Å². The van der Waals surface area contributed by atoms with Crippen LogP contribution in [0.4, 0.5) is 0 Å². The summed E-state index contributed by atoms with van der Waals surface area (Å²) in [6.45, 7) is 0.693. The lowest BCUT2D eigenvalue weighted by atomic mass is 10.0. The van der Waals surface area contributed by atoms with Crippen molar-refractivity contribution >= 4 is 15.9 Å². The van der Waals surface area contributed by atoms with Crippen LogP contribution in [0.2, 0.25) is 0 Å². The van der Waals surface area contributed by atoms with Gasteiger partial charge in [0.1, 0.15) is 0 Å². The van der Waals surface area contributed by atoms with Crippen molar-refractivity contribution in [3.63, 3.8) is 0 Å². The first kappa shape index (κ1) is 11.6. The molecular weight excluding hydrogens is 272 g/mol. The van der Waals surface area contributed by atoms with Gasteiger partial charge in [0.05, 0.1) is 10.6 Å². The molecule has 1 aliphatic rings. The molecule has 0 spiro atoms. The van der Waals surface area contributed by atoms with E-state index in [0.717, 1.165) is 19.3 Å². The van der Waals surface area contributed by atoms with Crippen LogP contribution >= 0.6 is 15.9 Å². The van der Waals surface area contributed by atoms with Crippen LogP contribution in [0.15, 0.2) is 27.5 Å². The van der Waals surface area contributed by atoms with Crippen LogP contribution in [0, 0.1) is 0 Å². The molecule has 1 fully saturated rings. The van der Waals surface area contributed by atoms with Crippen molar-refractivity contribution in [2.45, 2.75) is 25.4 Å². The molecule has 1 heterocycles. The molecule has 0 radical (unpaired) electrons. The summed E-state index contributed by atoms with van der Waals surface area (Å²) in [4.78, 5) is 11.7. The van der Waals surface area contributed by atoms with E-state index >= 15 is 0 Å². The van der Waals surface area contributed by atoms with E-state index in [1.807, 2.05) is 0 Å². The molecule has 1 N–H and O–H groups in total. The summed E-state index contributed by atoms with van der Waals surface area (Å²) in [6, 6.07) is 5.13. The van der Waals surface area contributed by atoms with Crippen LogP contribution < -0.4 is 5.43 Å². The first-order valence-electron chi connectivity index (χ1n) is 5.33. The van der Waals surface area contributed by atoms with E-state index in [-0.39, 0.29) is 17.3 Å². The van der Waals surface area contributed by atoms with Crippen LogP contribution in [0.3, 0.4) is 0 Å². The highest BCUT2D eigenvalue weighted by atomic mass is 79.9. The maximum absolute atomic E-state index is 11.7. The third-order valence-corrected chi connectivity index (χ3v) is 3.37. The van der Waals surface area contributed by atoms with Crippen molar-refractivity contribution in [3.05, 3.63) is 38.5 Å². The van der Waals surface area contributed by atoms with Gasteiger partial charge in [0.25, 0.3) is 0 Å². The fourth-order valence-electron chi connectivity index (χ4n) is 1.88. The molecule has 3 nitrogen and oxygen atoms in total. The molecule has 1 unspecified atom stereocenters. The Morgan fingerprint density at radius 2 is 2.19 bits per heavy atom. The summed E-state index contributed by atoms with van der Waals surface area (Å²) < 4.78 is 5.93. The number of ether oxygens (including phenoxy) is 1. The molecule has 4 heteroatoms. The average Bonchev–Trinajstić information content (AvgIpc) is 2.44. The van der Waals surface area contributed by atoms with Crippen molar-refractivity contribution < 1.29 is 9.84 Å². The number of halogens is 1. The van der Waals surface area contributed by atoms with Crippen molar-refractivity contribution in [2.75, 3.05) is 6.61 Å². The second kappa shape index (κ2) is 4.97. The average molecular weight is 285 g/mol. The van der Waals surface area contributed by atoms with Gasteiger partial charge in [-0.25, -0.2) is 0 Å². The Morgan fingerprint density at radius 3 is 2.88 bits per heavy atom. The third-order valence-electron chi connectivity index (χ3n) is 2.75. The van der Waals surface area contributed by atoms with Gasteiger partial charge in [0, 0.05) is 12.2 Å². The standard InChI is InChI=1S/C12H13BrO3/c13-9-5-3-4-8(11(14)12(9)15)10-6-1-2-7-16-10/h3-5,10H,1-2,6-7H2,(H,14,15). The van der Waals surface area contributed by atoms with Gasteiger partial charge in [-0.05, 0) is 41.3 Å². The second-order valence-corrected chi connectivity index (χ2v) is 4.72. The second-order valence-electron chi connectivity index (χ2n) is 3.86. The van der Waals surface area contributed by atoms with Gasteiger partial charge in [-0.3, -0.25) is 4.79 Å². The van der Waals surface area contributed by atoms with E-state index in [4.69, 9.17) is 4.74 Å². The maximum atomic E-state index is 11.7. The molecule has 16 heavy (non-hydrogen) atoms. The van der Waals surface area contributed by atoms with Gasteiger partial charge in [0.2, 0.25) is 5.43 Å². The lowest BCUT2D eigenvalue weighted by Gasteiger charge is -2.22. The quantitative estimate of drug-likeness (QED) is 0.863. The SMILES string of the molecule is O=c1c(Br)cccc(C2CCCCO2)c1O. The fourth-order valence-corrected chi connectivity index (χ4v) is 2.22. The maximum Gasteiger partial charge on any atom is 0.234 e. The molecule has 0 saturated carbocycles. The van der Waals surface area contributed by atoms with Crippen LogP contribution in [-0.2, 0) is 4.74 Å². The smallest absolute Gasteiger partial charge is 0.234 e. The van der Waals surface area contributed by atoms with Gasteiger partial charge in [-0.1, -0.05) is 12.1 Å². The molecule has 1 atom stereocenters.